The van der Waals surface area contributed by atoms with Crippen molar-refractivity contribution >= 4 is 39.5 Å². The number of fused-ring (bicyclic) bond motifs is 3. The molecule has 0 fully saturated rings. The molecule has 3 aromatic carbocycles. The zero-order valence-corrected chi connectivity index (χ0v) is 13.9. The van der Waals surface area contributed by atoms with Crippen LogP contribution in [0.25, 0.3) is 21.9 Å². The Morgan fingerprint density at radius 3 is 2.65 bits per heavy atom. The van der Waals surface area contributed by atoms with Crippen LogP contribution in [0, 0.1) is 10.1 Å². The quantitative estimate of drug-likeness (QED) is 0.287. The third-order valence-corrected chi connectivity index (χ3v) is 4.12. The van der Waals surface area contributed by atoms with E-state index in [9.17, 15) is 10.1 Å². The molecule has 0 aliphatic heterocycles. The molecule has 0 spiro atoms. The molecule has 4 rings (SSSR count). The molecule has 1 aromatic heterocycles. The number of nitrogens with zero attached hydrogens (tertiary/aromatic N) is 2. The molecule has 1 heterocycles. The summed E-state index contributed by atoms with van der Waals surface area (Å²) in [5.41, 5.74) is 2.80. The number of benzene rings is 3. The maximum absolute atomic E-state index is 11.1. The van der Waals surface area contributed by atoms with Gasteiger partial charge in [0.1, 0.15) is 11.2 Å². The molecular weight excluding hydrogens is 332 g/mol. The first kappa shape index (κ1) is 15.8. The maximum Gasteiger partial charge on any atom is 0.311 e. The number of hydrogen-bond acceptors (Lipinski definition) is 5. The summed E-state index contributed by atoms with van der Waals surface area (Å²) >= 11 is 0. The van der Waals surface area contributed by atoms with Crippen molar-refractivity contribution in [1.82, 2.24) is 0 Å². The molecule has 6 nitrogen and oxygen atoms in total. The number of aliphatic imine (C=N–C) groups is 1. The standard InChI is InChI=1S/C20H14N2O4/c1-25-19-9-6-13(10-17(19)22(23)24)12-21-14-7-8-16-15-4-2-3-5-18(15)26-20(16)11-14/h2-12H,1H3. The van der Waals surface area contributed by atoms with Crippen LogP contribution in [0.1, 0.15) is 5.56 Å². The topological polar surface area (TPSA) is 77.9 Å². The Morgan fingerprint density at radius 2 is 1.85 bits per heavy atom. The lowest BCUT2D eigenvalue weighted by Crippen LogP contribution is -1.95. The second kappa shape index (κ2) is 6.33. The van der Waals surface area contributed by atoms with E-state index in [1.54, 1.807) is 18.3 Å². The summed E-state index contributed by atoms with van der Waals surface area (Å²) in [6.45, 7) is 0. The van der Waals surface area contributed by atoms with E-state index in [2.05, 4.69) is 4.99 Å². The van der Waals surface area contributed by atoms with Crippen molar-refractivity contribution in [3.8, 4) is 5.75 Å². The molecule has 0 aliphatic carbocycles. The highest BCUT2D eigenvalue weighted by atomic mass is 16.6. The number of nitro groups is 1. The van der Waals surface area contributed by atoms with E-state index in [-0.39, 0.29) is 11.4 Å². The van der Waals surface area contributed by atoms with Crippen molar-refractivity contribution < 1.29 is 14.1 Å². The van der Waals surface area contributed by atoms with Gasteiger partial charge < -0.3 is 9.15 Å². The van der Waals surface area contributed by atoms with Gasteiger partial charge in [-0.2, -0.15) is 0 Å². The molecule has 0 radical (unpaired) electrons. The third kappa shape index (κ3) is 2.77. The zero-order chi connectivity index (χ0) is 18.1. The van der Waals surface area contributed by atoms with E-state index in [1.165, 1.54) is 13.2 Å². The van der Waals surface area contributed by atoms with Crippen molar-refractivity contribution in [2.45, 2.75) is 0 Å². The number of ether oxygens (including phenoxy) is 1. The summed E-state index contributed by atoms with van der Waals surface area (Å²) in [6, 6.07) is 18.3. The van der Waals surface area contributed by atoms with Crippen LogP contribution in [0.2, 0.25) is 0 Å². The molecule has 0 N–H and O–H groups in total. The molecule has 0 unspecified atom stereocenters. The van der Waals surface area contributed by atoms with Gasteiger partial charge >= 0.3 is 5.69 Å². The molecule has 128 valence electrons. The second-order valence-electron chi connectivity index (χ2n) is 5.73. The van der Waals surface area contributed by atoms with Crippen molar-refractivity contribution in [2.24, 2.45) is 4.99 Å². The highest BCUT2D eigenvalue weighted by Gasteiger charge is 2.14. The molecule has 0 aliphatic rings. The van der Waals surface area contributed by atoms with Crippen LogP contribution >= 0.6 is 0 Å². The molecule has 26 heavy (non-hydrogen) atoms. The van der Waals surface area contributed by atoms with Gasteiger partial charge in [-0.05, 0) is 35.9 Å². The Morgan fingerprint density at radius 1 is 1.04 bits per heavy atom. The lowest BCUT2D eigenvalue weighted by Gasteiger charge is -2.02. The maximum atomic E-state index is 11.1. The van der Waals surface area contributed by atoms with Crippen molar-refractivity contribution in [3.05, 3.63) is 76.3 Å². The average molecular weight is 346 g/mol. The van der Waals surface area contributed by atoms with Crippen molar-refractivity contribution in [3.63, 3.8) is 0 Å². The Hall–Kier alpha value is -3.67. The van der Waals surface area contributed by atoms with E-state index in [0.717, 1.165) is 21.9 Å². The lowest BCUT2D eigenvalue weighted by molar-refractivity contribution is -0.385. The molecule has 0 bridgehead atoms. The van der Waals surface area contributed by atoms with Crippen LogP contribution in [-0.2, 0) is 0 Å². The number of para-hydroxylation sites is 1. The van der Waals surface area contributed by atoms with E-state index >= 15 is 0 Å². The van der Waals surface area contributed by atoms with Gasteiger partial charge in [-0.25, -0.2) is 0 Å². The van der Waals surface area contributed by atoms with Gasteiger partial charge in [0.15, 0.2) is 5.75 Å². The molecule has 4 aromatic rings. The fraction of sp³-hybridized carbons (Fsp3) is 0.0500. The van der Waals surface area contributed by atoms with Gasteiger partial charge in [0.05, 0.1) is 17.7 Å². The minimum atomic E-state index is -0.476. The van der Waals surface area contributed by atoms with Gasteiger partial charge in [-0.15, -0.1) is 0 Å². The third-order valence-electron chi connectivity index (χ3n) is 4.12. The van der Waals surface area contributed by atoms with E-state index in [4.69, 9.17) is 9.15 Å². The normalized spacial score (nSPS) is 11.4. The Labute approximate surface area is 148 Å². The van der Waals surface area contributed by atoms with Crippen LogP contribution in [0.3, 0.4) is 0 Å². The Balaban J connectivity index is 1.69. The van der Waals surface area contributed by atoms with Crippen molar-refractivity contribution in [1.29, 1.82) is 0 Å². The summed E-state index contributed by atoms with van der Waals surface area (Å²) < 4.78 is 10.8. The lowest BCUT2D eigenvalue weighted by atomic mass is 10.1. The van der Waals surface area contributed by atoms with Gasteiger partial charge in [0.25, 0.3) is 0 Å². The smallest absolute Gasteiger partial charge is 0.311 e. The van der Waals surface area contributed by atoms with E-state index in [0.29, 0.717) is 11.3 Å². The predicted molar refractivity (Wildman–Crippen MR) is 101 cm³/mol. The zero-order valence-electron chi connectivity index (χ0n) is 13.9. The summed E-state index contributed by atoms with van der Waals surface area (Å²) in [5.74, 6) is 0.218. The van der Waals surface area contributed by atoms with E-state index < -0.39 is 4.92 Å². The van der Waals surface area contributed by atoms with E-state index in [1.807, 2.05) is 42.5 Å². The fourth-order valence-corrected chi connectivity index (χ4v) is 2.87. The summed E-state index contributed by atoms with van der Waals surface area (Å²) in [4.78, 5) is 15.0. The SMILES string of the molecule is COc1ccc(C=Nc2ccc3c(c2)oc2ccccc23)cc1[N+](=O)[O-]. The van der Waals surface area contributed by atoms with Crippen molar-refractivity contribution in [2.75, 3.05) is 7.11 Å². The molecule has 0 amide bonds. The minimum Gasteiger partial charge on any atom is -0.490 e. The molecule has 6 heteroatoms. The summed E-state index contributed by atoms with van der Waals surface area (Å²) in [6.07, 6.45) is 1.58. The van der Waals surface area contributed by atoms with Crippen LogP contribution in [0.4, 0.5) is 11.4 Å². The first-order chi connectivity index (χ1) is 12.7. The largest absolute Gasteiger partial charge is 0.490 e. The average Bonchev–Trinajstić information content (AvgIpc) is 3.03. The Bertz CT molecular complexity index is 1160. The second-order valence-corrected chi connectivity index (χ2v) is 5.73. The molecule has 0 saturated heterocycles. The Kier molecular flexibility index (Phi) is 3.85. The molecule has 0 atom stereocenters. The highest BCUT2D eigenvalue weighted by Crippen LogP contribution is 2.31. The van der Waals surface area contributed by atoms with Crippen LogP contribution in [-0.4, -0.2) is 18.2 Å². The first-order valence-corrected chi connectivity index (χ1v) is 7.93. The number of nitro benzene ring substituents is 1. The highest BCUT2D eigenvalue weighted by molar-refractivity contribution is 6.05. The number of furan rings is 1. The molecule has 0 saturated carbocycles. The fourth-order valence-electron chi connectivity index (χ4n) is 2.87. The first-order valence-electron chi connectivity index (χ1n) is 7.93. The number of methoxy groups -OCH3 is 1. The summed E-state index contributed by atoms with van der Waals surface area (Å²) in [5, 5.41) is 13.2. The van der Waals surface area contributed by atoms with Gasteiger partial charge in [-0.3, -0.25) is 15.1 Å². The van der Waals surface area contributed by atoms with Crippen LogP contribution in [0.5, 0.6) is 5.75 Å². The van der Waals surface area contributed by atoms with Crippen LogP contribution in [0.15, 0.2) is 70.1 Å². The minimum absolute atomic E-state index is 0.0933. The summed E-state index contributed by atoms with van der Waals surface area (Å²) in [7, 11) is 1.40. The van der Waals surface area contributed by atoms with Crippen LogP contribution < -0.4 is 4.74 Å². The number of rotatable bonds is 4. The van der Waals surface area contributed by atoms with Gasteiger partial charge in [0.2, 0.25) is 0 Å². The monoisotopic (exact) mass is 346 g/mol. The van der Waals surface area contributed by atoms with Gasteiger partial charge in [0, 0.05) is 29.1 Å². The molecular formula is C20H14N2O4. The predicted octanol–water partition coefficient (Wildman–Crippen LogP) is 5.25. The number of hydrogen-bond donors (Lipinski definition) is 0. The van der Waals surface area contributed by atoms with Gasteiger partial charge in [-0.1, -0.05) is 18.2 Å².